The van der Waals surface area contributed by atoms with Gasteiger partial charge in [-0.15, -0.1) is 0 Å². The van der Waals surface area contributed by atoms with Gasteiger partial charge in [0, 0.05) is 5.56 Å². The first-order valence-corrected chi connectivity index (χ1v) is 10.1. The van der Waals surface area contributed by atoms with Crippen molar-refractivity contribution in [3.8, 4) is 11.5 Å². The Morgan fingerprint density at radius 1 is 0.906 bits per heavy atom. The second-order valence-electron chi connectivity index (χ2n) is 6.91. The van der Waals surface area contributed by atoms with E-state index < -0.39 is 6.04 Å². The Labute approximate surface area is 187 Å². The fourth-order valence-electron chi connectivity index (χ4n) is 3.11. The van der Waals surface area contributed by atoms with E-state index in [1.165, 1.54) is 6.21 Å². The number of benzene rings is 3. The number of nitrogens with one attached hydrogen (secondary N) is 2. The summed E-state index contributed by atoms with van der Waals surface area (Å²) in [5.74, 6) is 0.592. The van der Waals surface area contributed by atoms with E-state index in [-0.39, 0.29) is 18.2 Å². The van der Waals surface area contributed by atoms with Gasteiger partial charge in [0.15, 0.2) is 11.5 Å². The molecule has 0 unspecified atom stereocenters. The molecule has 3 aromatic rings. The molecule has 0 saturated heterocycles. The van der Waals surface area contributed by atoms with Gasteiger partial charge in [-0.05, 0) is 41.5 Å². The molecule has 0 aliphatic rings. The number of hydrogen-bond acceptors (Lipinski definition) is 5. The molecule has 0 fully saturated rings. The maximum atomic E-state index is 12.6. The van der Waals surface area contributed by atoms with E-state index in [1.54, 1.807) is 56.7 Å². The summed E-state index contributed by atoms with van der Waals surface area (Å²) in [6, 6.07) is 23.0. The monoisotopic (exact) mass is 431 g/mol. The van der Waals surface area contributed by atoms with Crippen molar-refractivity contribution in [3.63, 3.8) is 0 Å². The highest BCUT2D eigenvalue weighted by Crippen LogP contribution is 2.26. The Kier molecular flexibility index (Phi) is 7.97. The van der Waals surface area contributed by atoms with Gasteiger partial charge in [0.2, 0.25) is 5.91 Å². The lowest BCUT2D eigenvalue weighted by Crippen LogP contribution is -2.32. The van der Waals surface area contributed by atoms with Gasteiger partial charge in [0.1, 0.15) is 0 Å². The number of hydrogen-bond donors (Lipinski definition) is 2. The number of nitrogens with zero attached hydrogens (tertiary/aromatic N) is 1. The molecule has 0 aliphatic heterocycles. The maximum absolute atomic E-state index is 12.6. The Morgan fingerprint density at radius 2 is 1.56 bits per heavy atom. The molecule has 0 radical (unpaired) electrons. The van der Waals surface area contributed by atoms with Gasteiger partial charge in [-0.25, -0.2) is 5.43 Å². The number of amides is 2. The van der Waals surface area contributed by atoms with Crippen LogP contribution in [0.1, 0.15) is 33.9 Å². The van der Waals surface area contributed by atoms with Crippen LogP contribution in [0, 0.1) is 0 Å². The Morgan fingerprint density at radius 3 is 2.22 bits per heavy atom. The highest BCUT2D eigenvalue weighted by atomic mass is 16.5. The van der Waals surface area contributed by atoms with Crippen molar-refractivity contribution >= 4 is 18.0 Å². The molecule has 3 aromatic carbocycles. The van der Waals surface area contributed by atoms with Gasteiger partial charge < -0.3 is 14.8 Å². The van der Waals surface area contributed by atoms with Crippen LogP contribution in [0.2, 0.25) is 0 Å². The summed E-state index contributed by atoms with van der Waals surface area (Å²) in [5.41, 5.74) is 4.61. The summed E-state index contributed by atoms with van der Waals surface area (Å²) in [6.07, 6.45) is 1.55. The number of ether oxygens (including phenoxy) is 2. The lowest BCUT2D eigenvalue weighted by Gasteiger charge is -2.18. The van der Waals surface area contributed by atoms with Gasteiger partial charge in [0.25, 0.3) is 5.91 Å². The standard InChI is InChI=1S/C25H25N3O4/c1-31-22-14-13-18(15-23(22)32-2)17-26-28-24(29)16-21(19-9-5-3-6-10-19)27-25(30)20-11-7-4-8-12-20/h3-15,17,21H,16H2,1-2H3,(H,27,30)(H,28,29)/b26-17-/t21-/m0/s1. The molecular formula is C25H25N3O4. The zero-order valence-electron chi connectivity index (χ0n) is 17.9. The molecule has 3 rings (SSSR count). The summed E-state index contributed by atoms with van der Waals surface area (Å²) in [5, 5.41) is 6.96. The van der Waals surface area contributed by atoms with Crippen LogP contribution in [-0.4, -0.2) is 32.2 Å². The topological polar surface area (TPSA) is 89.0 Å². The normalized spacial score (nSPS) is 11.6. The number of rotatable bonds is 9. The smallest absolute Gasteiger partial charge is 0.251 e. The highest BCUT2D eigenvalue weighted by molar-refractivity contribution is 5.94. The maximum Gasteiger partial charge on any atom is 0.251 e. The van der Waals surface area contributed by atoms with Crippen molar-refractivity contribution in [3.05, 3.63) is 95.6 Å². The molecule has 0 heterocycles. The van der Waals surface area contributed by atoms with Crippen LogP contribution < -0.4 is 20.2 Å². The molecule has 2 amide bonds. The second-order valence-corrected chi connectivity index (χ2v) is 6.91. The van der Waals surface area contributed by atoms with Gasteiger partial charge >= 0.3 is 0 Å². The molecule has 0 saturated carbocycles. The summed E-state index contributed by atoms with van der Waals surface area (Å²) in [6.45, 7) is 0. The van der Waals surface area contributed by atoms with E-state index in [2.05, 4.69) is 15.8 Å². The van der Waals surface area contributed by atoms with Crippen molar-refractivity contribution in [2.75, 3.05) is 14.2 Å². The second kappa shape index (κ2) is 11.3. The number of hydrazone groups is 1. The van der Waals surface area contributed by atoms with E-state index in [4.69, 9.17) is 9.47 Å². The first-order valence-electron chi connectivity index (χ1n) is 10.1. The largest absolute Gasteiger partial charge is 0.493 e. The molecule has 0 spiro atoms. The average molecular weight is 431 g/mol. The van der Waals surface area contributed by atoms with Crippen LogP contribution in [0.25, 0.3) is 0 Å². The minimum Gasteiger partial charge on any atom is -0.493 e. The predicted molar refractivity (Wildman–Crippen MR) is 123 cm³/mol. The molecule has 7 nitrogen and oxygen atoms in total. The predicted octanol–water partition coefficient (Wildman–Crippen LogP) is 3.72. The lowest BCUT2D eigenvalue weighted by atomic mass is 10.0. The summed E-state index contributed by atoms with van der Waals surface area (Å²) in [7, 11) is 3.11. The SMILES string of the molecule is COc1ccc(/C=N\NC(=O)C[C@H](NC(=O)c2ccccc2)c2ccccc2)cc1OC. The molecule has 164 valence electrons. The van der Waals surface area contributed by atoms with Crippen LogP contribution in [0.15, 0.2) is 84.0 Å². The molecular weight excluding hydrogens is 406 g/mol. The van der Waals surface area contributed by atoms with Crippen LogP contribution in [0.4, 0.5) is 0 Å². The first-order chi connectivity index (χ1) is 15.6. The fourth-order valence-corrected chi connectivity index (χ4v) is 3.11. The van der Waals surface area contributed by atoms with Crippen LogP contribution in [0.3, 0.4) is 0 Å². The minimum absolute atomic E-state index is 0.0336. The van der Waals surface area contributed by atoms with Crippen molar-refractivity contribution in [2.45, 2.75) is 12.5 Å². The molecule has 7 heteroatoms. The van der Waals surface area contributed by atoms with E-state index in [0.717, 1.165) is 11.1 Å². The molecule has 0 aromatic heterocycles. The number of carbonyl (C=O) groups is 2. The Bertz CT molecular complexity index is 1070. The van der Waals surface area contributed by atoms with Crippen molar-refractivity contribution in [1.29, 1.82) is 0 Å². The van der Waals surface area contributed by atoms with Gasteiger partial charge in [0.05, 0.1) is 32.9 Å². The number of carbonyl (C=O) groups excluding carboxylic acids is 2. The number of methoxy groups -OCH3 is 2. The van der Waals surface area contributed by atoms with E-state index in [1.807, 2.05) is 36.4 Å². The third-order valence-corrected chi connectivity index (χ3v) is 4.74. The first kappa shape index (κ1) is 22.6. The minimum atomic E-state index is -0.500. The van der Waals surface area contributed by atoms with Crippen molar-refractivity contribution in [1.82, 2.24) is 10.7 Å². The quantitative estimate of drug-likeness (QED) is 0.399. The van der Waals surface area contributed by atoms with Crippen molar-refractivity contribution in [2.24, 2.45) is 5.10 Å². The van der Waals surface area contributed by atoms with E-state index >= 15 is 0 Å². The third kappa shape index (κ3) is 6.18. The molecule has 32 heavy (non-hydrogen) atoms. The summed E-state index contributed by atoms with van der Waals surface area (Å²) in [4.78, 5) is 25.2. The summed E-state index contributed by atoms with van der Waals surface area (Å²) < 4.78 is 10.5. The van der Waals surface area contributed by atoms with Gasteiger partial charge in [-0.3, -0.25) is 9.59 Å². The third-order valence-electron chi connectivity index (χ3n) is 4.74. The van der Waals surface area contributed by atoms with Crippen LogP contribution in [0.5, 0.6) is 11.5 Å². The zero-order chi connectivity index (χ0) is 22.8. The highest BCUT2D eigenvalue weighted by Gasteiger charge is 2.19. The molecule has 2 N–H and O–H groups in total. The molecule has 1 atom stereocenters. The fraction of sp³-hybridized carbons (Fsp3) is 0.160. The van der Waals surface area contributed by atoms with Gasteiger partial charge in [-0.1, -0.05) is 48.5 Å². The van der Waals surface area contributed by atoms with Crippen LogP contribution >= 0.6 is 0 Å². The van der Waals surface area contributed by atoms with E-state index in [9.17, 15) is 9.59 Å². The van der Waals surface area contributed by atoms with Crippen LogP contribution in [-0.2, 0) is 4.79 Å². The Balaban J connectivity index is 1.66. The molecule has 0 aliphatic carbocycles. The molecule has 0 bridgehead atoms. The van der Waals surface area contributed by atoms with Gasteiger partial charge in [-0.2, -0.15) is 5.10 Å². The zero-order valence-corrected chi connectivity index (χ0v) is 17.9. The summed E-state index contributed by atoms with van der Waals surface area (Å²) >= 11 is 0. The lowest BCUT2D eigenvalue weighted by molar-refractivity contribution is -0.121. The van der Waals surface area contributed by atoms with Crippen molar-refractivity contribution < 1.29 is 19.1 Å². The van der Waals surface area contributed by atoms with E-state index in [0.29, 0.717) is 17.1 Å². The average Bonchev–Trinajstić information content (AvgIpc) is 2.84. The Hall–Kier alpha value is -4.13.